The molecule has 0 unspecified atom stereocenters. The van der Waals surface area contributed by atoms with Crippen molar-refractivity contribution in [2.45, 2.75) is 145 Å². The van der Waals surface area contributed by atoms with E-state index in [2.05, 4.69) is 85.1 Å². The minimum atomic E-state index is -0.592. The highest BCUT2D eigenvalue weighted by Crippen LogP contribution is 2.39. The van der Waals surface area contributed by atoms with Gasteiger partial charge in [-0.2, -0.15) is 15.0 Å². The highest BCUT2D eigenvalue weighted by atomic mass is 19.1. The molecule has 0 bridgehead atoms. The number of nitrogens with zero attached hydrogens (tertiary/aromatic N) is 14. The number of amides is 2. The quantitative estimate of drug-likeness (QED) is 0.106. The lowest BCUT2D eigenvalue weighted by atomic mass is 10.0. The van der Waals surface area contributed by atoms with Gasteiger partial charge in [0.2, 0.25) is 5.91 Å². The van der Waals surface area contributed by atoms with Gasteiger partial charge in [-0.05, 0) is 192 Å². The van der Waals surface area contributed by atoms with Gasteiger partial charge >= 0.3 is 23.2 Å². The maximum absolute atomic E-state index is 15.0. The first-order valence-corrected chi connectivity index (χ1v) is 39.7. The van der Waals surface area contributed by atoms with Gasteiger partial charge in [-0.3, -0.25) is 4.79 Å². The van der Waals surface area contributed by atoms with E-state index in [9.17, 15) is 37.1 Å². The summed E-state index contributed by atoms with van der Waals surface area (Å²) >= 11 is 0. The number of carbonyl (C=O) groups is 2. The molecule has 24 heteroatoms. The zero-order valence-corrected chi connectivity index (χ0v) is 68.5. The minimum Gasteiger partial charge on any atom is -0.444 e. The van der Waals surface area contributed by atoms with Crippen LogP contribution < -0.4 is 37.1 Å². The number of anilines is 3. The van der Waals surface area contributed by atoms with Crippen molar-refractivity contribution in [3.8, 4) is 50.8 Å². The predicted molar refractivity (Wildman–Crippen MR) is 456 cm³/mol. The molecule has 0 saturated carbocycles. The van der Waals surface area contributed by atoms with Crippen LogP contribution in [0.2, 0.25) is 0 Å². The van der Waals surface area contributed by atoms with Crippen molar-refractivity contribution in [3.05, 3.63) is 259 Å². The van der Waals surface area contributed by atoms with Crippen LogP contribution in [0.4, 0.5) is 35.4 Å². The molecule has 1 N–H and O–H groups in total. The largest absolute Gasteiger partial charge is 0.444 e. The van der Waals surface area contributed by atoms with E-state index in [-0.39, 0.29) is 71.0 Å². The third kappa shape index (κ3) is 16.6. The van der Waals surface area contributed by atoms with Gasteiger partial charge in [-0.1, -0.05) is 139 Å². The minimum absolute atomic E-state index is 0.0944. The van der Waals surface area contributed by atoms with Gasteiger partial charge in [0.15, 0.2) is 16.9 Å². The van der Waals surface area contributed by atoms with Crippen molar-refractivity contribution < 1.29 is 27.5 Å². The van der Waals surface area contributed by atoms with Crippen molar-refractivity contribution in [2.24, 2.45) is 0 Å². The second-order valence-electron chi connectivity index (χ2n) is 32.1. The first-order valence-electron chi connectivity index (χ1n) is 39.7. The van der Waals surface area contributed by atoms with E-state index >= 15 is 0 Å². The molecule has 6 aromatic carbocycles. The van der Waals surface area contributed by atoms with E-state index in [4.69, 9.17) is 19.7 Å². The van der Waals surface area contributed by atoms with Crippen LogP contribution in [0.1, 0.15) is 134 Å². The Balaban J connectivity index is 0.000000152. The fourth-order valence-corrected chi connectivity index (χ4v) is 15.8. The first kappa shape index (κ1) is 81.8. The summed E-state index contributed by atoms with van der Waals surface area (Å²) in [5.74, 6) is 0.902. The lowest BCUT2D eigenvalue weighted by Crippen LogP contribution is -2.55. The Labute approximate surface area is 673 Å². The number of aromatic nitrogens is 9. The summed E-state index contributed by atoms with van der Waals surface area (Å²) in [5.41, 5.74) is 9.51. The molecular formula is C92H100F3N15O6. The molecule has 3 aliphatic heterocycles. The summed E-state index contributed by atoms with van der Waals surface area (Å²) in [5, 5.41) is 5.56. The van der Waals surface area contributed by atoms with Gasteiger partial charge < -0.3 is 34.6 Å². The molecule has 2 amide bonds. The molecule has 3 aliphatic rings. The number of pyridine rings is 3. The van der Waals surface area contributed by atoms with Gasteiger partial charge in [0.1, 0.15) is 40.5 Å². The third-order valence-electron chi connectivity index (χ3n) is 21.6. The van der Waals surface area contributed by atoms with Crippen molar-refractivity contribution in [2.75, 3.05) is 73.6 Å². The number of carbonyl (C=O) groups excluding carboxylic acids is 2. The Morgan fingerprint density at radius 3 is 1.09 bits per heavy atom. The van der Waals surface area contributed by atoms with Crippen LogP contribution in [0, 0.1) is 38.2 Å². The molecule has 9 heterocycles. The molecule has 0 aliphatic carbocycles. The molecule has 3 fully saturated rings. The molecule has 12 aromatic rings. The van der Waals surface area contributed by atoms with E-state index in [0.717, 1.165) is 64.1 Å². The van der Waals surface area contributed by atoms with Crippen LogP contribution in [0.3, 0.4) is 0 Å². The second-order valence-corrected chi connectivity index (χ2v) is 32.1. The monoisotopic (exact) mass is 1570 g/mol. The van der Waals surface area contributed by atoms with E-state index in [1.165, 1.54) is 24.3 Å². The number of aryl methyl sites for hydroxylation is 3. The highest BCUT2D eigenvalue weighted by molar-refractivity contribution is 5.95. The third-order valence-corrected chi connectivity index (χ3v) is 21.6. The molecule has 3 saturated heterocycles. The molecule has 3 atom stereocenters. The normalized spacial score (nSPS) is 15.9. The van der Waals surface area contributed by atoms with E-state index in [1.807, 2.05) is 151 Å². The topological polar surface area (TPSA) is 215 Å². The number of fused-ring (bicyclic) bond motifs is 3. The smallest absolute Gasteiger partial charge is 0.410 e. The van der Waals surface area contributed by atoms with Crippen LogP contribution >= 0.6 is 0 Å². The average molecular weight is 1570 g/mol. The summed E-state index contributed by atoms with van der Waals surface area (Å²) in [6.45, 7) is 38.6. The zero-order valence-electron chi connectivity index (χ0n) is 68.5. The molecule has 116 heavy (non-hydrogen) atoms. The molecule has 21 nitrogen and oxygen atoms in total. The average Bonchev–Trinajstić information content (AvgIpc) is 0.746. The maximum atomic E-state index is 15.0. The molecule has 600 valence electrons. The lowest BCUT2D eigenvalue weighted by molar-refractivity contribution is -0.126. The van der Waals surface area contributed by atoms with Gasteiger partial charge in [-0.15, -0.1) is 0 Å². The Morgan fingerprint density at radius 2 is 0.776 bits per heavy atom. The first-order chi connectivity index (χ1) is 55.4. The Bertz CT molecular complexity index is 5950. The molecule has 15 rings (SSSR count). The van der Waals surface area contributed by atoms with Crippen LogP contribution in [0.15, 0.2) is 191 Å². The van der Waals surface area contributed by atoms with Gasteiger partial charge in [0.25, 0.3) is 0 Å². The SMILES string of the molecule is C=CC(=O)N1CCN(c2nc(=O)n(-c3ccccc3C(C)C)c3nc(-c4ccccc4F)c(C)cc23)[C@@H](C)C1.Cc1cc2c(N3CCN(C(=O)OC(C)(C)C)C[C@@H]3C)nc(=O)n(-c3ccccc3C(C)C)c2nc1-c1ccccc1F.Cc1cc2c(N3CCNC[C@@H]3C)nc(=O)n(-c3ccccc3C(C)C)c2nc1-c1ccccc1F. The Morgan fingerprint density at radius 1 is 0.457 bits per heavy atom. The number of para-hydroxylation sites is 3. The van der Waals surface area contributed by atoms with Gasteiger partial charge in [-0.25, -0.2) is 61.0 Å². The Kier molecular flexibility index (Phi) is 24.0. The van der Waals surface area contributed by atoms with E-state index in [0.29, 0.717) is 130 Å². The van der Waals surface area contributed by atoms with E-state index < -0.39 is 17.0 Å². The zero-order chi connectivity index (χ0) is 82.9. The standard InChI is InChI=1S/C33H38FN5O3.C31H32FN5O2.C28H30FN5O/c1-20(2)23-12-9-11-15-27(23)39-30-25(18-21(3)28(35-30)24-13-8-10-14-26(24)34)29(36-31(39)40)38-17-16-37(19-22(38)4)32(41)42-33(5,6)7;1-6-27(38)35-15-16-36(21(5)18-35)29-24-17-20(4)28(23-12-7-9-13-25(23)32)33-30(24)37(31(39)34-29)26-14-10-8-11-22(26)19(2)3;1-17(2)20-9-6-8-12-24(20)34-27-22(26(32-28(34)35)33-14-13-30-16-19(33)4)15-18(3)25(31-27)21-10-5-7-11-23(21)29/h8-15,18,20,22H,16-17,19H2,1-7H3;6-14,17,19,21H,1,15-16,18H2,2-5H3;5-12,15,17,19,30H,13-14,16H2,1-4H3/t22-;21-;19-/m000/s1. The fourth-order valence-electron chi connectivity index (χ4n) is 15.8. The predicted octanol–water partition coefficient (Wildman–Crippen LogP) is 16.5. The summed E-state index contributed by atoms with van der Waals surface area (Å²) < 4.78 is 55.0. The van der Waals surface area contributed by atoms with Crippen molar-refractivity contribution in [3.63, 3.8) is 0 Å². The second kappa shape index (κ2) is 34.1. The van der Waals surface area contributed by atoms with Crippen LogP contribution in [-0.4, -0.2) is 148 Å². The molecule has 0 radical (unpaired) electrons. The summed E-state index contributed by atoms with van der Waals surface area (Å²) in [6.07, 6.45) is 0.959. The number of hydrogen-bond acceptors (Lipinski definition) is 16. The highest BCUT2D eigenvalue weighted by Gasteiger charge is 2.35. The number of rotatable bonds is 13. The molecular weight excluding hydrogens is 1470 g/mol. The van der Waals surface area contributed by atoms with Crippen molar-refractivity contribution in [1.82, 2.24) is 58.7 Å². The van der Waals surface area contributed by atoms with Crippen LogP contribution in [0.25, 0.3) is 83.9 Å². The number of ether oxygens (including phenoxy) is 1. The molecule has 6 aromatic heterocycles. The fraction of sp³-hybridized carbons (Fsp3) is 0.337. The summed E-state index contributed by atoms with van der Waals surface area (Å²) in [6, 6.07) is 48.7. The van der Waals surface area contributed by atoms with Crippen molar-refractivity contribution in [1.29, 1.82) is 0 Å². The number of nitrogens with one attached hydrogen (secondary N) is 1. The maximum Gasteiger partial charge on any atom is 0.410 e. The van der Waals surface area contributed by atoms with Crippen LogP contribution in [-0.2, 0) is 9.53 Å². The number of hydrogen-bond donors (Lipinski definition) is 1. The number of benzene rings is 6. The van der Waals surface area contributed by atoms with Crippen LogP contribution in [0.5, 0.6) is 0 Å². The number of piperazine rings is 3. The van der Waals surface area contributed by atoms with Gasteiger partial charge in [0.05, 0.1) is 50.3 Å². The number of halogens is 3. The summed E-state index contributed by atoms with van der Waals surface area (Å²) in [4.78, 5) is 105. The summed E-state index contributed by atoms with van der Waals surface area (Å²) in [7, 11) is 0. The Hall–Kier alpha value is -12.2. The van der Waals surface area contributed by atoms with Crippen molar-refractivity contribution >= 4 is 62.6 Å². The van der Waals surface area contributed by atoms with E-state index in [1.54, 1.807) is 78.1 Å². The lowest BCUT2D eigenvalue weighted by Gasteiger charge is -2.41. The molecule has 0 spiro atoms. The van der Waals surface area contributed by atoms with Gasteiger partial charge in [0, 0.05) is 93.7 Å².